The second-order valence-corrected chi connectivity index (χ2v) is 9.11. The van der Waals surface area contributed by atoms with Gasteiger partial charge in [0, 0.05) is 56.6 Å². The molecule has 170 valence electrons. The van der Waals surface area contributed by atoms with E-state index in [2.05, 4.69) is 40.8 Å². The van der Waals surface area contributed by atoms with Gasteiger partial charge in [0.25, 0.3) is 0 Å². The van der Waals surface area contributed by atoms with Crippen LogP contribution in [0.4, 0.5) is 0 Å². The minimum absolute atomic E-state index is 0. The monoisotopic (exact) mass is 547 g/mol. The van der Waals surface area contributed by atoms with Crippen LogP contribution < -0.4 is 10.6 Å². The number of hydrogen-bond acceptors (Lipinski definition) is 4. The standard InChI is InChI=1S/C22H37N5OS.HI/c1-3-23-22(24-11-6-14-26-13-5-4-7-18(26)2)25-12-8-21(28)27-15-9-20-19(17-27)10-16-29-20;/h10,16,18H,3-9,11-15,17H2,1-2H3,(H2,23,24,25);1H. The fourth-order valence-corrected chi connectivity index (χ4v) is 5.09. The van der Waals surface area contributed by atoms with E-state index in [0.29, 0.717) is 19.0 Å². The second kappa shape index (κ2) is 13.5. The predicted molar refractivity (Wildman–Crippen MR) is 137 cm³/mol. The molecule has 3 heterocycles. The highest BCUT2D eigenvalue weighted by molar-refractivity contribution is 14.0. The molecule has 2 aliphatic rings. The molecule has 2 aliphatic heterocycles. The fourth-order valence-electron chi connectivity index (χ4n) is 4.20. The molecule has 1 aromatic heterocycles. The molecule has 0 saturated carbocycles. The molecule has 0 spiro atoms. The molecule has 1 saturated heterocycles. The van der Waals surface area contributed by atoms with E-state index in [1.807, 2.05) is 16.2 Å². The molecule has 3 rings (SSSR count). The lowest BCUT2D eigenvalue weighted by Gasteiger charge is -2.33. The Morgan fingerprint density at radius 2 is 2.17 bits per heavy atom. The first-order chi connectivity index (χ1) is 14.2. The largest absolute Gasteiger partial charge is 0.357 e. The minimum atomic E-state index is 0. The highest BCUT2D eigenvalue weighted by Gasteiger charge is 2.21. The number of rotatable bonds is 8. The van der Waals surface area contributed by atoms with Crippen molar-refractivity contribution in [3.63, 3.8) is 0 Å². The van der Waals surface area contributed by atoms with Gasteiger partial charge in [-0.3, -0.25) is 9.79 Å². The van der Waals surface area contributed by atoms with Crippen LogP contribution in [0.2, 0.25) is 0 Å². The number of nitrogens with zero attached hydrogens (tertiary/aromatic N) is 3. The number of carbonyl (C=O) groups excluding carboxylic acids is 1. The van der Waals surface area contributed by atoms with Crippen LogP contribution in [-0.2, 0) is 17.8 Å². The van der Waals surface area contributed by atoms with Gasteiger partial charge >= 0.3 is 0 Å². The smallest absolute Gasteiger partial charge is 0.224 e. The van der Waals surface area contributed by atoms with Gasteiger partial charge in [-0.25, -0.2) is 0 Å². The van der Waals surface area contributed by atoms with Gasteiger partial charge in [-0.05, 0) is 63.1 Å². The average Bonchev–Trinajstić information content (AvgIpc) is 3.20. The number of likely N-dealkylation sites (tertiary alicyclic amines) is 1. The van der Waals surface area contributed by atoms with Gasteiger partial charge in [-0.2, -0.15) is 0 Å². The molecular weight excluding hydrogens is 509 g/mol. The third-order valence-electron chi connectivity index (χ3n) is 5.95. The molecule has 1 aromatic rings. The number of fused-ring (bicyclic) bond motifs is 1. The Balaban J connectivity index is 0.00000320. The molecule has 1 amide bonds. The molecule has 0 bridgehead atoms. The molecule has 0 radical (unpaired) electrons. The molecule has 1 atom stereocenters. The lowest BCUT2D eigenvalue weighted by atomic mass is 10.0. The number of nitrogens with one attached hydrogen (secondary N) is 2. The Kier molecular flexibility index (Phi) is 11.4. The van der Waals surface area contributed by atoms with Crippen LogP contribution in [0.1, 0.15) is 56.4 Å². The lowest BCUT2D eigenvalue weighted by molar-refractivity contribution is -0.131. The number of guanidine groups is 1. The van der Waals surface area contributed by atoms with Gasteiger partial charge in [0.15, 0.2) is 5.96 Å². The zero-order valence-corrected chi connectivity index (χ0v) is 21.6. The summed E-state index contributed by atoms with van der Waals surface area (Å²) < 4.78 is 0. The van der Waals surface area contributed by atoms with E-state index in [0.717, 1.165) is 51.5 Å². The van der Waals surface area contributed by atoms with Gasteiger partial charge in [0.1, 0.15) is 0 Å². The normalized spacial score (nSPS) is 19.7. The summed E-state index contributed by atoms with van der Waals surface area (Å²) in [5.74, 6) is 1.05. The van der Waals surface area contributed by atoms with Crippen molar-refractivity contribution < 1.29 is 4.79 Å². The van der Waals surface area contributed by atoms with E-state index in [-0.39, 0.29) is 29.9 Å². The van der Waals surface area contributed by atoms with Crippen molar-refractivity contribution in [3.8, 4) is 0 Å². The summed E-state index contributed by atoms with van der Waals surface area (Å²) in [6, 6.07) is 2.86. The van der Waals surface area contributed by atoms with Crippen LogP contribution in [0.25, 0.3) is 0 Å². The summed E-state index contributed by atoms with van der Waals surface area (Å²) in [4.78, 5) is 23.3. The van der Waals surface area contributed by atoms with Crippen molar-refractivity contribution >= 4 is 47.2 Å². The van der Waals surface area contributed by atoms with Crippen molar-refractivity contribution in [2.75, 3.05) is 39.3 Å². The first-order valence-corrected chi connectivity index (χ1v) is 12.1. The molecule has 0 aromatic carbocycles. The molecular formula is C22H38IN5OS. The van der Waals surface area contributed by atoms with Crippen LogP contribution in [0, 0.1) is 0 Å². The zero-order valence-electron chi connectivity index (χ0n) is 18.5. The Labute approximate surface area is 202 Å². The van der Waals surface area contributed by atoms with Crippen molar-refractivity contribution in [1.82, 2.24) is 20.4 Å². The maximum Gasteiger partial charge on any atom is 0.224 e. The van der Waals surface area contributed by atoms with E-state index in [4.69, 9.17) is 4.99 Å². The highest BCUT2D eigenvalue weighted by Crippen LogP contribution is 2.24. The number of carbonyl (C=O) groups is 1. The van der Waals surface area contributed by atoms with E-state index >= 15 is 0 Å². The molecule has 1 fully saturated rings. The van der Waals surface area contributed by atoms with Gasteiger partial charge in [-0.15, -0.1) is 35.3 Å². The van der Waals surface area contributed by atoms with E-state index in [1.165, 1.54) is 36.2 Å². The van der Waals surface area contributed by atoms with Crippen LogP contribution >= 0.6 is 35.3 Å². The lowest BCUT2D eigenvalue weighted by Crippen LogP contribution is -2.41. The Morgan fingerprint density at radius 3 is 2.97 bits per heavy atom. The number of hydrogen-bond donors (Lipinski definition) is 2. The first-order valence-electron chi connectivity index (χ1n) is 11.3. The summed E-state index contributed by atoms with van der Waals surface area (Å²) in [5, 5.41) is 8.76. The maximum absolute atomic E-state index is 12.6. The zero-order chi connectivity index (χ0) is 20.5. The Morgan fingerprint density at radius 1 is 1.30 bits per heavy atom. The maximum atomic E-state index is 12.6. The van der Waals surface area contributed by atoms with E-state index in [9.17, 15) is 4.79 Å². The van der Waals surface area contributed by atoms with Crippen LogP contribution in [0.15, 0.2) is 16.4 Å². The number of thiophene rings is 1. The van der Waals surface area contributed by atoms with Gasteiger partial charge in [-0.1, -0.05) is 6.42 Å². The fraction of sp³-hybridized carbons (Fsp3) is 0.727. The number of amides is 1. The average molecular weight is 548 g/mol. The topological polar surface area (TPSA) is 60.0 Å². The third-order valence-corrected chi connectivity index (χ3v) is 6.97. The SMILES string of the molecule is CCNC(=NCCCN1CCCCC1C)NCCC(=O)N1CCc2sccc2C1.I. The highest BCUT2D eigenvalue weighted by atomic mass is 127. The van der Waals surface area contributed by atoms with Gasteiger partial charge in [0.2, 0.25) is 5.91 Å². The molecule has 8 heteroatoms. The summed E-state index contributed by atoms with van der Waals surface area (Å²) in [5.41, 5.74) is 1.32. The first kappa shape index (κ1) is 25.4. The summed E-state index contributed by atoms with van der Waals surface area (Å²) >= 11 is 1.81. The van der Waals surface area contributed by atoms with Crippen molar-refractivity contribution in [2.45, 2.75) is 65.0 Å². The molecule has 1 unspecified atom stereocenters. The van der Waals surface area contributed by atoms with Crippen molar-refractivity contribution in [1.29, 1.82) is 0 Å². The summed E-state index contributed by atoms with van der Waals surface area (Å²) in [7, 11) is 0. The second-order valence-electron chi connectivity index (χ2n) is 8.11. The molecule has 30 heavy (non-hydrogen) atoms. The van der Waals surface area contributed by atoms with Gasteiger partial charge < -0.3 is 20.4 Å². The molecule has 2 N–H and O–H groups in total. The predicted octanol–water partition coefficient (Wildman–Crippen LogP) is 3.46. The number of piperidine rings is 1. The van der Waals surface area contributed by atoms with Crippen LogP contribution in [0.5, 0.6) is 0 Å². The van der Waals surface area contributed by atoms with E-state index < -0.39 is 0 Å². The molecule has 6 nitrogen and oxygen atoms in total. The summed E-state index contributed by atoms with van der Waals surface area (Å²) in [6.45, 7) is 10.7. The Bertz CT molecular complexity index is 680. The van der Waals surface area contributed by atoms with Crippen LogP contribution in [0.3, 0.4) is 0 Å². The summed E-state index contributed by atoms with van der Waals surface area (Å²) in [6.07, 6.45) is 6.61. The van der Waals surface area contributed by atoms with Crippen molar-refractivity contribution in [3.05, 3.63) is 21.9 Å². The minimum Gasteiger partial charge on any atom is -0.357 e. The quantitative estimate of drug-likeness (QED) is 0.227. The van der Waals surface area contributed by atoms with Gasteiger partial charge in [0.05, 0.1) is 0 Å². The number of halogens is 1. The van der Waals surface area contributed by atoms with Crippen molar-refractivity contribution in [2.24, 2.45) is 4.99 Å². The number of aliphatic imine (C=N–C) groups is 1. The molecule has 0 aliphatic carbocycles. The Hall–Kier alpha value is -0.870. The van der Waals surface area contributed by atoms with Crippen LogP contribution in [-0.4, -0.2) is 67.0 Å². The van der Waals surface area contributed by atoms with E-state index in [1.54, 1.807) is 0 Å². The third kappa shape index (κ3) is 7.67.